The van der Waals surface area contributed by atoms with E-state index >= 15 is 0 Å². The first-order chi connectivity index (χ1) is 7.24. The largest absolute Gasteiger partial charge is 0.380 e. The van der Waals surface area contributed by atoms with E-state index in [1.807, 2.05) is 0 Å². The highest BCUT2D eigenvalue weighted by molar-refractivity contribution is 5.66. The van der Waals surface area contributed by atoms with E-state index in [2.05, 4.69) is 15.4 Å². The van der Waals surface area contributed by atoms with Crippen LogP contribution in [0.2, 0.25) is 0 Å². The Hall–Kier alpha value is -1.92. The zero-order chi connectivity index (χ0) is 10.8. The molecule has 0 bridgehead atoms. The fourth-order valence-corrected chi connectivity index (χ4v) is 1.43. The van der Waals surface area contributed by atoms with Crippen LogP contribution in [0, 0.1) is 0 Å². The number of anilines is 1. The first-order valence-corrected chi connectivity index (χ1v) is 4.47. The van der Waals surface area contributed by atoms with Crippen molar-refractivity contribution in [2.24, 2.45) is 7.05 Å². The van der Waals surface area contributed by atoms with Crippen molar-refractivity contribution in [3.05, 3.63) is 12.3 Å². The molecule has 0 spiro atoms. The summed E-state index contributed by atoms with van der Waals surface area (Å²) >= 11 is 0. The van der Waals surface area contributed by atoms with Crippen molar-refractivity contribution >= 4 is 5.82 Å². The summed E-state index contributed by atoms with van der Waals surface area (Å²) in [4.78, 5) is 0. The molecule has 0 amide bonds. The number of aryl methyl sites for hydroxylation is 2. The molecule has 2 aromatic rings. The standard InChI is InChI=1S/C8H11FN6/c1-14-6(2-4-11-14)7-8(10)12-13-15(7)5-3-9/h2,4H,3,5,10H2,1H3. The predicted octanol–water partition coefficient (Wildman–Crippen LogP) is 0.230. The lowest BCUT2D eigenvalue weighted by molar-refractivity contribution is 0.423. The minimum atomic E-state index is -0.506. The maximum Gasteiger partial charge on any atom is 0.175 e. The second-order valence-corrected chi connectivity index (χ2v) is 3.08. The molecule has 2 rings (SSSR count). The van der Waals surface area contributed by atoms with Crippen molar-refractivity contribution in [1.82, 2.24) is 24.8 Å². The summed E-state index contributed by atoms with van der Waals surface area (Å²) in [6.45, 7) is -0.363. The van der Waals surface area contributed by atoms with Gasteiger partial charge in [-0.1, -0.05) is 5.21 Å². The quantitative estimate of drug-likeness (QED) is 0.786. The first kappa shape index (κ1) is 9.63. The van der Waals surface area contributed by atoms with Gasteiger partial charge in [0.25, 0.3) is 0 Å². The summed E-state index contributed by atoms with van der Waals surface area (Å²) in [7, 11) is 1.78. The number of halogens is 1. The molecule has 0 radical (unpaired) electrons. The van der Waals surface area contributed by atoms with E-state index < -0.39 is 6.67 Å². The minimum absolute atomic E-state index is 0.144. The average Bonchev–Trinajstić information content (AvgIpc) is 2.75. The molecule has 0 unspecified atom stereocenters. The van der Waals surface area contributed by atoms with E-state index in [9.17, 15) is 4.39 Å². The number of aromatic nitrogens is 5. The van der Waals surface area contributed by atoms with Gasteiger partial charge in [-0.25, -0.2) is 9.07 Å². The lowest BCUT2D eigenvalue weighted by Crippen LogP contribution is -2.07. The summed E-state index contributed by atoms with van der Waals surface area (Å²) in [6, 6.07) is 1.78. The van der Waals surface area contributed by atoms with Gasteiger partial charge in [-0.15, -0.1) is 5.10 Å². The number of hydrogen-bond acceptors (Lipinski definition) is 4. The monoisotopic (exact) mass is 210 g/mol. The minimum Gasteiger partial charge on any atom is -0.380 e. The number of nitrogen functional groups attached to an aromatic ring is 1. The normalized spacial score (nSPS) is 10.8. The van der Waals surface area contributed by atoms with Crippen LogP contribution in [0.1, 0.15) is 0 Å². The highest BCUT2D eigenvalue weighted by Gasteiger charge is 2.14. The van der Waals surface area contributed by atoms with Crippen molar-refractivity contribution in [2.45, 2.75) is 6.54 Å². The Morgan fingerprint density at radius 2 is 2.33 bits per heavy atom. The van der Waals surface area contributed by atoms with Crippen LogP contribution in [0.4, 0.5) is 10.2 Å². The maximum atomic E-state index is 12.3. The predicted molar refractivity (Wildman–Crippen MR) is 52.6 cm³/mol. The molecule has 15 heavy (non-hydrogen) atoms. The van der Waals surface area contributed by atoms with E-state index in [0.717, 1.165) is 5.69 Å². The molecule has 0 aromatic carbocycles. The Morgan fingerprint density at radius 3 is 2.93 bits per heavy atom. The Balaban J connectivity index is 2.51. The zero-order valence-corrected chi connectivity index (χ0v) is 8.26. The van der Waals surface area contributed by atoms with Gasteiger partial charge in [0.2, 0.25) is 0 Å². The van der Waals surface area contributed by atoms with Crippen LogP contribution in [-0.4, -0.2) is 31.4 Å². The Bertz CT molecular complexity index is 459. The molecule has 2 aromatic heterocycles. The summed E-state index contributed by atoms with van der Waals surface area (Å²) in [5.41, 5.74) is 7.05. The van der Waals surface area contributed by atoms with Gasteiger partial charge in [-0.3, -0.25) is 4.68 Å². The highest BCUT2D eigenvalue weighted by atomic mass is 19.1. The molecule has 6 nitrogen and oxygen atoms in total. The second-order valence-electron chi connectivity index (χ2n) is 3.08. The maximum absolute atomic E-state index is 12.3. The van der Waals surface area contributed by atoms with Gasteiger partial charge in [-0.2, -0.15) is 5.10 Å². The SMILES string of the molecule is Cn1nccc1-c1c(N)nnn1CCF. The van der Waals surface area contributed by atoms with Gasteiger partial charge in [0.1, 0.15) is 12.4 Å². The molecule has 2 heterocycles. The zero-order valence-electron chi connectivity index (χ0n) is 8.26. The van der Waals surface area contributed by atoms with Crippen molar-refractivity contribution in [2.75, 3.05) is 12.4 Å². The molecule has 80 valence electrons. The van der Waals surface area contributed by atoms with Crippen LogP contribution in [0.3, 0.4) is 0 Å². The summed E-state index contributed by atoms with van der Waals surface area (Å²) in [5, 5.41) is 11.5. The van der Waals surface area contributed by atoms with Gasteiger partial charge >= 0.3 is 0 Å². The summed E-state index contributed by atoms with van der Waals surface area (Å²) in [5.74, 6) is 0.284. The van der Waals surface area contributed by atoms with Gasteiger partial charge in [-0.05, 0) is 6.07 Å². The van der Waals surface area contributed by atoms with Crippen molar-refractivity contribution in [1.29, 1.82) is 0 Å². The van der Waals surface area contributed by atoms with Crippen LogP contribution in [-0.2, 0) is 13.6 Å². The van der Waals surface area contributed by atoms with Gasteiger partial charge in [0, 0.05) is 13.2 Å². The second kappa shape index (κ2) is 3.68. The van der Waals surface area contributed by atoms with Gasteiger partial charge in [0.05, 0.1) is 12.2 Å². The molecular weight excluding hydrogens is 199 g/mol. The third kappa shape index (κ3) is 1.56. The third-order valence-electron chi connectivity index (χ3n) is 2.12. The van der Waals surface area contributed by atoms with Crippen LogP contribution in [0.15, 0.2) is 12.3 Å². The molecule has 0 aliphatic rings. The van der Waals surface area contributed by atoms with Gasteiger partial charge < -0.3 is 5.73 Å². The number of nitrogens with two attached hydrogens (primary N) is 1. The van der Waals surface area contributed by atoms with Crippen LogP contribution < -0.4 is 5.73 Å². The molecule has 7 heteroatoms. The lowest BCUT2D eigenvalue weighted by Gasteiger charge is -2.04. The van der Waals surface area contributed by atoms with E-state index in [4.69, 9.17) is 5.73 Å². The van der Waals surface area contributed by atoms with E-state index in [-0.39, 0.29) is 12.4 Å². The van der Waals surface area contributed by atoms with Gasteiger partial charge in [0.15, 0.2) is 5.82 Å². The molecule has 2 N–H and O–H groups in total. The molecule has 0 fully saturated rings. The first-order valence-electron chi connectivity index (χ1n) is 4.47. The topological polar surface area (TPSA) is 74.6 Å². The van der Waals surface area contributed by atoms with E-state index in [1.165, 1.54) is 4.68 Å². The number of rotatable bonds is 3. The summed E-state index contributed by atoms with van der Waals surface area (Å²) in [6.07, 6.45) is 1.64. The van der Waals surface area contributed by atoms with E-state index in [0.29, 0.717) is 5.69 Å². The third-order valence-corrected chi connectivity index (χ3v) is 2.12. The molecule has 0 saturated heterocycles. The summed E-state index contributed by atoms with van der Waals surface area (Å²) < 4.78 is 15.3. The van der Waals surface area contributed by atoms with Crippen LogP contribution in [0.25, 0.3) is 11.4 Å². The molecule has 0 saturated carbocycles. The fourth-order valence-electron chi connectivity index (χ4n) is 1.43. The van der Waals surface area contributed by atoms with Crippen LogP contribution >= 0.6 is 0 Å². The number of nitrogens with zero attached hydrogens (tertiary/aromatic N) is 5. The average molecular weight is 210 g/mol. The van der Waals surface area contributed by atoms with Crippen molar-refractivity contribution < 1.29 is 4.39 Å². The van der Waals surface area contributed by atoms with Crippen molar-refractivity contribution in [3.63, 3.8) is 0 Å². The molecule has 0 aliphatic carbocycles. The van der Waals surface area contributed by atoms with Crippen molar-refractivity contribution in [3.8, 4) is 11.4 Å². The molecule has 0 atom stereocenters. The Morgan fingerprint density at radius 1 is 1.53 bits per heavy atom. The number of alkyl halides is 1. The highest BCUT2D eigenvalue weighted by Crippen LogP contribution is 2.22. The fraction of sp³-hybridized carbons (Fsp3) is 0.375. The molecular formula is C8H11FN6. The Labute approximate surface area is 85.5 Å². The lowest BCUT2D eigenvalue weighted by atomic mass is 10.3. The molecule has 0 aliphatic heterocycles. The number of hydrogen-bond donors (Lipinski definition) is 1. The smallest absolute Gasteiger partial charge is 0.175 e. The van der Waals surface area contributed by atoms with E-state index in [1.54, 1.807) is 24.0 Å². The van der Waals surface area contributed by atoms with Crippen LogP contribution in [0.5, 0.6) is 0 Å². The Kier molecular flexibility index (Phi) is 2.36.